The van der Waals surface area contributed by atoms with Crippen LogP contribution in [0.25, 0.3) is 21.8 Å². The molecule has 4 heterocycles. The topological polar surface area (TPSA) is 94.2 Å². The number of pyridine rings is 2. The Morgan fingerprint density at radius 3 is 2.72 bits per heavy atom. The minimum absolute atomic E-state index is 0.133. The van der Waals surface area contributed by atoms with Gasteiger partial charge in [0.15, 0.2) is 0 Å². The molecule has 1 amide bonds. The van der Waals surface area contributed by atoms with Crippen LogP contribution in [0.4, 0.5) is 5.69 Å². The van der Waals surface area contributed by atoms with Crippen molar-refractivity contribution in [1.82, 2.24) is 24.6 Å². The highest BCUT2D eigenvalue weighted by Gasteiger charge is 2.20. The first-order valence-corrected chi connectivity index (χ1v) is 11.4. The van der Waals surface area contributed by atoms with Crippen LogP contribution >= 0.6 is 11.5 Å². The molecule has 164 valence electrons. The molecule has 3 aromatic heterocycles. The first kappa shape index (κ1) is 20.6. The van der Waals surface area contributed by atoms with Gasteiger partial charge in [-0.2, -0.15) is 4.37 Å². The zero-order chi connectivity index (χ0) is 22.2. The maximum Gasteiger partial charge on any atom is 0.276 e. The van der Waals surface area contributed by atoms with Gasteiger partial charge in [-0.3, -0.25) is 14.5 Å². The fourth-order valence-electron chi connectivity index (χ4n) is 4.35. The minimum atomic E-state index is -0.169. The number of hydrogen-bond donors (Lipinski definition) is 2. The summed E-state index contributed by atoms with van der Waals surface area (Å²) in [6, 6.07) is 10.1. The summed E-state index contributed by atoms with van der Waals surface area (Å²) in [5.74, 6) is -0.169. The van der Waals surface area contributed by atoms with Crippen LogP contribution in [0.1, 0.15) is 21.7 Å². The number of carbonyl (C=O) groups excluding carboxylic acids is 1. The van der Waals surface area contributed by atoms with Crippen molar-refractivity contribution in [3.05, 3.63) is 63.0 Å². The molecule has 8 nitrogen and oxygen atoms in total. The highest BCUT2D eigenvalue weighted by Crippen LogP contribution is 2.24. The van der Waals surface area contributed by atoms with E-state index in [1.165, 1.54) is 17.1 Å². The smallest absolute Gasteiger partial charge is 0.276 e. The van der Waals surface area contributed by atoms with Gasteiger partial charge in [-0.25, -0.2) is 4.98 Å². The predicted molar refractivity (Wildman–Crippen MR) is 128 cm³/mol. The Kier molecular flexibility index (Phi) is 5.36. The van der Waals surface area contributed by atoms with E-state index in [2.05, 4.69) is 47.7 Å². The number of aromatic nitrogens is 3. The molecule has 0 atom stereocenters. The summed E-state index contributed by atoms with van der Waals surface area (Å²) in [4.78, 5) is 36.3. The van der Waals surface area contributed by atoms with Crippen molar-refractivity contribution in [2.75, 3.05) is 38.1 Å². The van der Waals surface area contributed by atoms with E-state index in [1.807, 2.05) is 18.4 Å². The second kappa shape index (κ2) is 8.33. The Balaban J connectivity index is 1.28. The average molecular weight is 449 g/mol. The molecule has 9 heteroatoms. The van der Waals surface area contributed by atoms with Crippen LogP contribution in [0.5, 0.6) is 0 Å². The van der Waals surface area contributed by atoms with Gasteiger partial charge in [0.25, 0.3) is 11.5 Å². The lowest BCUT2D eigenvalue weighted by atomic mass is 10.1. The molecule has 0 radical (unpaired) electrons. The third-order valence-corrected chi connectivity index (χ3v) is 6.67. The monoisotopic (exact) mass is 448 g/mol. The normalized spacial score (nSPS) is 14.9. The number of piperazine rings is 1. The SMILES string of the molecule is CNC(=O)c1ccc(N2CCN(Cc3ccc4c(c3)[nH]c(=O)c3nscc34)CC2)c(C)n1. The molecule has 0 unspecified atom stereocenters. The number of benzene rings is 1. The number of aromatic amines is 1. The Labute approximate surface area is 189 Å². The summed E-state index contributed by atoms with van der Waals surface area (Å²) < 4.78 is 4.20. The van der Waals surface area contributed by atoms with E-state index in [1.54, 1.807) is 13.1 Å². The number of anilines is 1. The molecule has 0 aliphatic carbocycles. The lowest BCUT2D eigenvalue weighted by Crippen LogP contribution is -2.46. The van der Waals surface area contributed by atoms with Crippen LogP contribution in [-0.2, 0) is 6.54 Å². The maximum absolute atomic E-state index is 12.3. The van der Waals surface area contributed by atoms with Gasteiger partial charge >= 0.3 is 0 Å². The van der Waals surface area contributed by atoms with E-state index < -0.39 is 0 Å². The Hall–Kier alpha value is -3.30. The Bertz CT molecular complexity index is 1370. The predicted octanol–water partition coefficient (Wildman–Crippen LogP) is 2.52. The van der Waals surface area contributed by atoms with E-state index in [-0.39, 0.29) is 11.5 Å². The van der Waals surface area contributed by atoms with Crippen molar-refractivity contribution in [1.29, 1.82) is 0 Å². The number of aryl methyl sites for hydroxylation is 1. The van der Waals surface area contributed by atoms with Crippen LogP contribution in [0.15, 0.2) is 40.5 Å². The second-order valence-corrected chi connectivity index (χ2v) is 8.68. The summed E-state index contributed by atoms with van der Waals surface area (Å²) >= 11 is 1.31. The summed E-state index contributed by atoms with van der Waals surface area (Å²) in [6.45, 7) is 6.43. The molecule has 5 rings (SSSR count). The standard InChI is InChI=1S/C23H24N6O2S/c1-14-20(6-5-18(25-14)22(30)24-2)29-9-7-28(8-10-29)12-15-3-4-16-17-13-32-27-21(17)23(31)26-19(16)11-15/h3-6,11,13H,7-10,12H2,1-2H3,(H,24,30)(H,26,31). The highest BCUT2D eigenvalue weighted by atomic mass is 32.1. The van der Waals surface area contributed by atoms with Crippen molar-refractivity contribution < 1.29 is 4.79 Å². The summed E-state index contributed by atoms with van der Waals surface area (Å²) in [5.41, 5.74) is 4.80. The molecule has 1 saturated heterocycles. The summed E-state index contributed by atoms with van der Waals surface area (Å²) in [6.07, 6.45) is 0. The fraction of sp³-hybridized carbons (Fsp3) is 0.304. The Morgan fingerprint density at radius 1 is 1.16 bits per heavy atom. The molecule has 1 aliphatic rings. The third kappa shape index (κ3) is 3.74. The number of carbonyl (C=O) groups is 1. The van der Waals surface area contributed by atoms with Gasteiger partial charge in [-0.1, -0.05) is 12.1 Å². The van der Waals surface area contributed by atoms with Crippen molar-refractivity contribution >= 4 is 44.9 Å². The third-order valence-electron chi connectivity index (χ3n) is 6.04. The molecule has 4 aromatic rings. The summed E-state index contributed by atoms with van der Waals surface area (Å²) in [5, 5.41) is 6.50. The van der Waals surface area contributed by atoms with Crippen molar-refractivity contribution in [3.8, 4) is 0 Å². The number of rotatable bonds is 4. The second-order valence-electron chi connectivity index (χ2n) is 8.05. The van der Waals surface area contributed by atoms with Crippen LogP contribution in [0, 0.1) is 6.92 Å². The van der Waals surface area contributed by atoms with Gasteiger partial charge in [0.1, 0.15) is 11.2 Å². The molecule has 1 fully saturated rings. The molecule has 0 spiro atoms. The zero-order valence-electron chi connectivity index (χ0n) is 18.0. The van der Waals surface area contributed by atoms with Gasteiger partial charge in [0, 0.05) is 61.4 Å². The largest absolute Gasteiger partial charge is 0.368 e. The van der Waals surface area contributed by atoms with Crippen molar-refractivity contribution in [2.24, 2.45) is 0 Å². The van der Waals surface area contributed by atoms with Gasteiger partial charge in [0.05, 0.1) is 11.4 Å². The number of fused-ring (bicyclic) bond motifs is 3. The number of nitrogens with one attached hydrogen (secondary N) is 2. The van der Waals surface area contributed by atoms with E-state index in [9.17, 15) is 9.59 Å². The molecule has 1 aliphatic heterocycles. The van der Waals surface area contributed by atoms with Gasteiger partial charge < -0.3 is 15.2 Å². The zero-order valence-corrected chi connectivity index (χ0v) is 18.8. The van der Waals surface area contributed by atoms with Crippen molar-refractivity contribution in [2.45, 2.75) is 13.5 Å². The first-order chi connectivity index (χ1) is 15.5. The van der Waals surface area contributed by atoms with E-state index >= 15 is 0 Å². The van der Waals surface area contributed by atoms with E-state index in [0.717, 1.165) is 60.4 Å². The number of amides is 1. The van der Waals surface area contributed by atoms with Crippen LogP contribution in [-0.4, -0.2) is 58.4 Å². The number of hydrogen-bond acceptors (Lipinski definition) is 7. The quantitative estimate of drug-likeness (QED) is 0.498. The first-order valence-electron chi connectivity index (χ1n) is 10.6. The highest BCUT2D eigenvalue weighted by molar-refractivity contribution is 7.04. The Morgan fingerprint density at radius 2 is 1.97 bits per heavy atom. The van der Waals surface area contributed by atoms with E-state index in [0.29, 0.717) is 11.2 Å². The average Bonchev–Trinajstić information content (AvgIpc) is 3.30. The molecule has 1 aromatic carbocycles. The van der Waals surface area contributed by atoms with E-state index in [4.69, 9.17) is 0 Å². The molecular formula is C23H24N6O2S. The van der Waals surface area contributed by atoms with Gasteiger partial charge in [-0.15, -0.1) is 0 Å². The van der Waals surface area contributed by atoms with Crippen molar-refractivity contribution in [3.63, 3.8) is 0 Å². The molecule has 0 saturated carbocycles. The fourth-order valence-corrected chi connectivity index (χ4v) is 5.03. The lowest BCUT2D eigenvalue weighted by molar-refractivity contribution is 0.0958. The number of H-pyrrole nitrogens is 1. The molecule has 0 bridgehead atoms. The van der Waals surface area contributed by atoms with Crippen LogP contribution in [0.3, 0.4) is 0 Å². The summed E-state index contributed by atoms with van der Waals surface area (Å²) in [7, 11) is 1.61. The maximum atomic E-state index is 12.3. The number of nitrogens with zero attached hydrogens (tertiary/aromatic N) is 4. The van der Waals surface area contributed by atoms with Crippen LogP contribution in [0.2, 0.25) is 0 Å². The van der Waals surface area contributed by atoms with Gasteiger partial charge in [0.2, 0.25) is 0 Å². The lowest BCUT2D eigenvalue weighted by Gasteiger charge is -2.36. The minimum Gasteiger partial charge on any atom is -0.368 e. The van der Waals surface area contributed by atoms with Gasteiger partial charge in [-0.05, 0) is 42.2 Å². The molecule has 32 heavy (non-hydrogen) atoms. The molecular weight excluding hydrogens is 424 g/mol. The molecule has 2 N–H and O–H groups in total. The van der Waals surface area contributed by atoms with Crippen LogP contribution < -0.4 is 15.8 Å².